The normalized spacial score (nSPS) is 12.1. The molecule has 0 bridgehead atoms. The zero-order chi connectivity index (χ0) is 12.3. The summed E-state index contributed by atoms with van der Waals surface area (Å²) in [6.07, 6.45) is -0.832. The van der Waals surface area contributed by atoms with Crippen LogP contribution < -0.4 is 16.0 Å². The molecule has 0 heterocycles. The highest BCUT2D eigenvalue weighted by atomic mass is 79.9. The minimum absolute atomic E-state index is 0.0323. The number of ether oxygens (including phenoxy) is 1. The average Bonchev–Trinajstić information content (AvgIpc) is 2.24. The van der Waals surface area contributed by atoms with Crippen molar-refractivity contribution in [3.8, 4) is 5.75 Å². The number of hydrazine groups is 1. The lowest BCUT2D eigenvalue weighted by Crippen LogP contribution is -2.40. The second kappa shape index (κ2) is 5.47. The molecule has 88 valence electrons. The third-order valence-corrected chi connectivity index (χ3v) is 2.70. The van der Waals surface area contributed by atoms with E-state index >= 15 is 0 Å². The molecule has 0 aliphatic heterocycles. The Kier molecular flexibility index (Phi) is 4.52. The summed E-state index contributed by atoms with van der Waals surface area (Å²) in [6, 6.07) is 2.44. The van der Waals surface area contributed by atoms with Crippen molar-refractivity contribution in [3.63, 3.8) is 0 Å². The van der Waals surface area contributed by atoms with E-state index in [2.05, 4.69) is 15.9 Å². The van der Waals surface area contributed by atoms with E-state index in [1.165, 1.54) is 13.0 Å². The third-order valence-electron chi connectivity index (χ3n) is 1.79. The van der Waals surface area contributed by atoms with E-state index in [0.29, 0.717) is 4.47 Å². The van der Waals surface area contributed by atoms with Gasteiger partial charge in [-0.05, 0) is 28.9 Å². The van der Waals surface area contributed by atoms with E-state index in [9.17, 15) is 9.18 Å². The molecule has 0 aliphatic rings. The van der Waals surface area contributed by atoms with Crippen LogP contribution in [0.25, 0.3) is 0 Å². The quantitative estimate of drug-likeness (QED) is 0.388. The zero-order valence-corrected chi connectivity index (χ0v) is 10.6. The smallest absolute Gasteiger partial charge is 0.274 e. The molecule has 4 nitrogen and oxygen atoms in total. The summed E-state index contributed by atoms with van der Waals surface area (Å²) in [6.45, 7) is 1.49. The van der Waals surface area contributed by atoms with E-state index in [0.717, 1.165) is 6.07 Å². The number of hydrogen-bond acceptors (Lipinski definition) is 3. The number of hydrogen-bond donors (Lipinski definition) is 2. The summed E-state index contributed by atoms with van der Waals surface area (Å²) < 4.78 is 18.8. The SMILES string of the molecule is CC(Oc1cc(F)c(Cl)cc1Br)C(=O)NN. The summed E-state index contributed by atoms with van der Waals surface area (Å²) >= 11 is 8.69. The molecule has 3 N–H and O–H groups in total. The van der Waals surface area contributed by atoms with Crippen molar-refractivity contribution in [1.29, 1.82) is 0 Å². The minimum Gasteiger partial charge on any atom is -0.480 e. The number of amides is 1. The molecule has 1 aromatic rings. The summed E-state index contributed by atoms with van der Waals surface area (Å²) in [4.78, 5) is 11.1. The topological polar surface area (TPSA) is 64.3 Å². The number of benzene rings is 1. The van der Waals surface area contributed by atoms with Gasteiger partial charge in [0.1, 0.15) is 11.6 Å². The van der Waals surface area contributed by atoms with Crippen molar-refractivity contribution in [3.05, 3.63) is 27.4 Å². The first kappa shape index (κ1) is 13.2. The van der Waals surface area contributed by atoms with Gasteiger partial charge in [-0.1, -0.05) is 11.6 Å². The molecule has 1 rings (SSSR count). The van der Waals surface area contributed by atoms with E-state index < -0.39 is 17.8 Å². The molecule has 0 aromatic heterocycles. The Bertz CT molecular complexity index is 417. The Morgan fingerprint density at radius 1 is 1.69 bits per heavy atom. The molecule has 1 amide bonds. The zero-order valence-electron chi connectivity index (χ0n) is 8.26. The van der Waals surface area contributed by atoms with Gasteiger partial charge in [0.05, 0.1) is 9.50 Å². The predicted octanol–water partition coefficient (Wildman–Crippen LogP) is 2.00. The van der Waals surface area contributed by atoms with Crippen LogP contribution in [-0.4, -0.2) is 12.0 Å². The molecule has 7 heteroatoms. The van der Waals surface area contributed by atoms with E-state index in [4.69, 9.17) is 22.2 Å². The first-order valence-electron chi connectivity index (χ1n) is 4.27. The maximum atomic E-state index is 13.1. The van der Waals surface area contributed by atoms with Gasteiger partial charge < -0.3 is 4.74 Å². The van der Waals surface area contributed by atoms with Crippen LogP contribution in [0.5, 0.6) is 5.75 Å². The number of carbonyl (C=O) groups excluding carboxylic acids is 1. The second-order valence-corrected chi connectivity index (χ2v) is 4.23. The average molecular weight is 312 g/mol. The Hall–Kier alpha value is -0.850. The van der Waals surface area contributed by atoms with Crippen LogP contribution in [0.15, 0.2) is 16.6 Å². The number of rotatable bonds is 3. The van der Waals surface area contributed by atoms with Gasteiger partial charge in [0.2, 0.25) is 0 Å². The lowest BCUT2D eigenvalue weighted by atomic mass is 10.3. The fourth-order valence-corrected chi connectivity index (χ4v) is 1.69. The molecule has 0 radical (unpaired) electrons. The van der Waals surface area contributed by atoms with Crippen molar-refractivity contribution in [2.45, 2.75) is 13.0 Å². The fourth-order valence-electron chi connectivity index (χ4n) is 0.956. The van der Waals surface area contributed by atoms with Crippen molar-refractivity contribution in [1.82, 2.24) is 5.43 Å². The Balaban J connectivity index is 2.89. The van der Waals surface area contributed by atoms with Crippen molar-refractivity contribution >= 4 is 33.4 Å². The van der Waals surface area contributed by atoms with E-state index in [1.54, 1.807) is 0 Å². The minimum atomic E-state index is -0.832. The van der Waals surface area contributed by atoms with Gasteiger partial charge in [-0.3, -0.25) is 10.2 Å². The maximum absolute atomic E-state index is 13.1. The van der Waals surface area contributed by atoms with E-state index in [1.807, 2.05) is 5.43 Å². The van der Waals surface area contributed by atoms with Gasteiger partial charge in [0, 0.05) is 6.07 Å². The third kappa shape index (κ3) is 3.07. The number of carbonyl (C=O) groups is 1. The van der Waals surface area contributed by atoms with Crippen LogP contribution in [-0.2, 0) is 4.79 Å². The van der Waals surface area contributed by atoms with Crippen LogP contribution in [0.2, 0.25) is 5.02 Å². The fraction of sp³-hybridized carbons (Fsp3) is 0.222. The number of nitrogens with two attached hydrogens (primary N) is 1. The van der Waals surface area contributed by atoms with Crippen LogP contribution in [0, 0.1) is 5.82 Å². The van der Waals surface area contributed by atoms with Gasteiger partial charge in [0.15, 0.2) is 6.10 Å². The highest BCUT2D eigenvalue weighted by Crippen LogP contribution is 2.31. The molecule has 1 aromatic carbocycles. The largest absolute Gasteiger partial charge is 0.480 e. The van der Waals surface area contributed by atoms with Crippen molar-refractivity contribution < 1.29 is 13.9 Å². The molecule has 1 atom stereocenters. The highest BCUT2D eigenvalue weighted by Gasteiger charge is 2.16. The maximum Gasteiger partial charge on any atom is 0.274 e. The van der Waals surface area contributed by atoms with Crippen LogP contribution in [0.3, 0.4) is 0 Å². The molecule has 0 spiro atoms. The molecule has 16 heavy (non-hydrogen) atoms. The first-order valence-corrected chi connectivity index (χ1v) is 5.44. The van der Waals surface area contributed by atoms with Crippen molar-refractivity contribution in [2.24, 2.45) is 5.84 Å². The standard InChI is InChI=1S/C9H9BrClFN2O2/c1-4(9(15)14-13)16-8-3-7(12)6(11)2-5(8)10/h2-4H,13H2,1H3,(H,14,15). The van der Waals surface area contributed by atoms with Crippen molar-refractivity contribution in [2.75, 3.05) is 0 Å². The van der Waals surface area contributed by atoms with Gasteiger partial charge in [0.25, 0.3) is 5.91 Å². The monoisotopic (exact) mass is 310 g/mol. The summed E-state index contributed by atoms with van der Waals surface area (Å²) in [5.41, 5.74) is 1.93. The number of halogens is 3. The van der Waals surface area contributed by atoms with Crippen LogP contribution in [0.1, 0.15) is 6.92 Å². The van der Waals surface area contributed by atoms with Crippen LogP contribution in [0.4, 0.5) is 4.39 Å². The molecule has 0 aliphatic carbocycles. The molecule has 1 unspecified atom stereocenters. The number of nitrogens with one attached hydrogen (secondary N) is 1. The Morgan fingerprint density at radius 3 is 2.88 bits per heavy atom. The predicted molar refractivity (Wildman–Crippen MR) is 61.5 cm³/mol. The highest BCUT2D eigenvalue weighted by molar-refractivity contribution is 9.10. The lowest BCUT2D eigenvalue weighted by molar-refractivity contribution is -0.127. The summed E-state index contributed by atoms with van der Waals surface area (Å²) in [7, 11) is 0. The summed E-state index contributed by atoms with van der Waals surface area (Å²) in [5, 5.41) is -0.0323. The van der Waals surface area contributed by atoms with E-state index in [-0.39, 0.29) is 10.8 Å². The molecule has 0 saturated carbocycles. The van der Waals surface area contributed by atoms with Gasteiger partial charge in [-0.2, -0.15) is 0 Å². The second-order valence-electron chi connectivity index (χ2n) is 2.97. The molecular weight excluding hydrogens is 302 g/mol. The van der Waals surface area contributed by atoms with Crippen LogP contribution >= 0.6 is 27.5 Å². The van der Waals surface area contributed by atoms with Gasteiger partial charge in [-0.25, -0.2) is 10.2 Å². The first-order chi connectivity index (χ1) is 7.45. The molecular formula is C9H9BrClFN2O2. The summed E-state index contributed by atoms with van der Waals surface area (Å²) in [5.74, 6) is 3.97. The Morgan fingerprint density at radius 2 is 2.31 bits per heavy atom. The molecule has 0 saturated heterocycles. The van der Waals surface area contributed by atoms with Gasteiger partial charge in [-0.15, -0.1) is 0 Å². The molecule has 0 fully saturated rings. The Labute approximate surface area is 105 Å². The van der Waals surface area contributed by atoms with Gasteiger partial charge >= 0.3 is 0 Å². The lowest BCUT2D eigenvalue weighted by Gasteiger charge is -2.14.